The molecule has 1 amide bonds. The van der Waals surface area contributed by atoms with E-state index in [1.165, 1.54) is 24.5 Å². The van der Waals surface area contributed by atoms with E-state index >= 15 is 0 Å². The monoisotopic (exact) mass is 236 g/mol. The molecule has 1 aromatic rings. The highest BCUT2D eigenvalue weighted by atomic mass is 16.5. The molecule has 0 bridgehead atoms. The first-order valence-electron chi connectivity index (χ1n) is 4.88. The van der Waals surface area contributed by atoms with Gasteiger partial charge in [0.05, 0.1) is 0 Å². The van der Waals surface area contributed by atoms with Gasteiger partial charge in [0, 0.05) is 12.1 Å². The first-order valence-corrected chi connectivity index (χ1v) is 4.88. The van der Waals surface area contributed by atoms with Crippen molar-refractivity contribution in [3.05, 3.63) is 36.6 Å². The highest BCUT2D eigenvalue weighted by Gasteiger charge is 2.06. The Labute approximate surface area is 97.9 Å². The van der Waals surface area contributed by atoms with E-state index in [9.17, 15) is 9.59 Å². The van der Waals surface area contributed by atoms with Crippen molar-refractivity contribution in [2.75, 3.05) is 11.9 Å². The van der Waals surface area contributed by atoms with Crippen molar-refractivity contribution in [2.45, 2.75) is 6.92 Å². The van der Waals surface area contributed by atoms with Gasteiger partial charge < -0.3 is 14.6 Å². The smallest absolute Gasteiger partial charge is 0.331 e. The molecule has 0 saturated heterocycles. The maximum atomic E-state index is 11.2. The molecule has 1 rings (SSSR count). The topological polar surface area (TPSA) is 81.4 Å². The van der Waals surface area contributed by atoms with Crippen LogP contribution < -0.4 is 5.32 Å². The SMILES string of the molecule is C/C=C/C=C/C(=O)OCC(=O)Nc1ccon1. The van der Waals surface area contributed by atoms with Gasteiger partial charge in [0.2, 0.25) is 0 Å². The zero-order valence-electron chi connectivity index (χ0n) is 9.25. The maximum Gasteiger partial charge on any atom is 0.331 e. The lowest BCUT2D eigenvalue weighted by Crippen LogP contribution is -2.20. The number of nitrogens with one attached hydrogen (secondary N) is 1. The summed E-state index contributed by atoms with van der Waals surface area (Å²) >= 11 is 0. The highest BCUT2D eigenvalue weighted by molar-refractivity contribution is 5.92. The molecule has 0 atom stereocenters. The molecular weight excluding hydrogens is 224 g/mol. The Morgan fingerprint density at radius 3 is 3.00 bits per heavy atom. The van der Waals surface area contributed by atoms with E-state index in [1.54, 1.807) is 12.2 Å². The molecule has 6 nitrogen and oxygen atoms in total. The fraction of sp³-hybridized carbons (Fsp3) is 0.182. The molecule has 0 aliphatic carbocycles. The van der Waals surface area contributed by atoms with E-state index in [0.29, 0.717) is 0 Å². The van der Waals surface area contributed by atoms with Gasteiger partial charge in [-0.15, -0.1) is 0 Å². The van der Waals surface area contributed by atoms with Crippen LogP contribution in [-0.2, 0) is 14.3 Å². The van der Waals surface area contributed by atoms with Crippen LogP contribution in [0, 0.1) is 0 Å². The summed E-state index contributed by atoms with van der Waals surface area (Å²) < 4.78 is 9.18. The predicted molar refractivity (Wildman–Crippen MR) is 60.0 cm³/mol. The average Bonchev–Trinajstić information content (AvgIpc) is 2.79. The van der Waals surface area contributed by atoms with Gasteiger partial charge in [0.25, 0.3) is 5.91 Å². The number of hydrogen-bond acceptors (Lipinski definition) is 5. The van der Waals surface area contributed by atoms with Crippen molar-refractivity contribution in [1.29, 1.82) is 0 Å². The summed E-state index contributed by atoms with van der Waals surface area (Å²) in [5.41, 5.74) is 0. The number of carbonyl (C=O) groups is 2. The van der Waals surface area contributed by atoms with Crippen molar-refractivity contribution in [2.24, 2.45) is 0 Å². The summed E-state index contributed by atoms with van der Waals surface area (Å²) in [6.45, 7) is 1.45. The molecule has 0 unspecified atom stereocenters. The van der Waals surface area contributed by atoms with E-state index in [2.05, 4.69) is 19.7 Å². The van der Waals surface area contributed by atoms with Crippen molar-refractivity contribution < 1.29 is 18.8 Å². The Kier molecular flexibility index (Phi) is 5.23. The number of esters is 1. The van der Waals surface area contributed by atoms with Gasteiger partial charge in [-0.1, -0.05) is 23.4 Å². The fourth-order valence-corrected chi connectivity index (χ4v) is 0.886. The van der Waals surface area contributed by atoms with Gasteiger partial charge in [-0.25, -0.2) is 4.79 Å². The van der Waals surface area contributed by atoms with Crippen molar-refractivity contribution in [3.63, 3.8) is 0 Å². The second-order valence-electron chi connectivity index (χ2n) is 2.93. The molecule has 0 aliphatic heterocycles. The largest absolute Gasteiger partial charge is 0.452 e. The molecule has 0 aromatic carbocycles. The quantitative estimate of drug-likeness (QED) is 0.473. The summed E-state index contributed by atoms with van der Waals surface area (Å²) in [4.78, 5) is 22.3. The zero-order valence-corrected chi connectivity index (χ0v) is 9.25. The number of hydrogen-bond donors (Lipinski definition) is 1. The number of aromatic nitrogens is 1. The second kappa shape index (κ2) is 7.00. The van der Waals surface area contributed by atoms with Crippen LogP contribution in [-0.4, -0.2) is 23.6 Å². The van der Waals surface area contributed by atoms with Gasteiger partial charge in [0.15, 0.2) is 12.4 Å². The molecule has 1 N–H and O–H groups in total. The molecular formula is C11H12N2O4. The summed E-state index contributed by atoms with van der Waals surface area (Å²) in [5.74, 6) is -0.791. The lowest BCUT2D eigenvalue weighted by Gasteiger charge is -2.01. The molecule has 90 valence electrons. The summed E-state index contributed by atoms with van der Waals surface area (Å²) in [6, 6.07) is 1.48. The lowest BCUT2D eigenvalue weighted by molar-refractivity contribution is -0.142. The predicted octanol–water partition coefficient (Wildman–Crippen LogP) is 1.29. The third-order valence-electron chi connectivity index (χ3n) is 1.59. The zero-order chi connectivity index (χ0) is 12.5. The molecule has 6 heteroatoms. The van der Waals surface area contributed by atoms with E-state index < -0.39 is 11.9 Å². The van der Waals surface area contributed by atoms with Crippen LogP contribution in [0.2, 0.25) is 0 Å². The van der Waals surface area contributed by atoms with E-state index in [-0.39, 0.29) is 12.4 Å². The molecule has 0 spiro atoms. The molecule has 0 aliphatic rings. The number of rotatable bonds is 5. The van der Waals surface area contributed by atoms with E-state index in [1.807, 2.05) is 6.92 Å². The Morgan fingerprint density at radius 2 is 2.35 bits per heavy atom. The molecule has 17 heavy (non-hydrogen) atoms. The Balaban J connectivity index is 2.26. The van der Waals surface area contributed by atoms with Crippen LogP contribution in [0.25, 0.3) is 0 Å². The third kappa shape index (κ3) is 5.31. The molecule has 1 aromatic heterocycles. The number of allylic oxidation sites excluding steroid dienone is 3. The lowest BCUT2D eigenvalue weighted by atomic mass is 10.4. The van der Waals surface area contributed by atoms with Crippen molar-refractivity contribution >= 4 is 17.7 Å². The Morgan fingerprint density at radius 1 is 1.53 bits per heavy atom. The Bertz CT molecular complexity index is 421. The minimum atomic E-state index is -0.585. The van der Waals surface area contributed by atoms with E-state index in [0.717, 1.165) is 0 Å². The van der Waals surface area contributed by atoms with Crippen molar-refractivity contribution in [3.8, 4) is 0 Å². The van der Waals surface area contributed by atoms with Crippen LogP contribution in [0.3, 0.4) is 0 Å². The normalized spacial score (nSPS) is 10.9. The van der Waals surface area contributed by atoms with Gasteiger partial charge in [-0.2, -0.15) is 0 Å². The third-order valence-corrected chi connectivity index (χ3v) is 1.59. The standard InChI is InChI=1S/C11H12N2O4/c1-2-3-4-5-11(15)16-8-10(14)12-9-6-7-17-13-9/h2-7H,8H2,1H3,(H,12,13,14)/b3-2+,5-4+. The summed E-state index contributed by atoms with van der Waals surface area (Å²) in [7, 11) is 0. The molecule has 0 radical (unpaired) electrons. The number of nitrogens with zero attached hydrogens (tertiary/aromatic N) is 1. The first-order chi connectivity index (χ1) is 8.22. The Hall–Kier alpha value is -2.37. The van der Waals surface area contributed by atoms with Crippen LogP contribution in [0.5, 0.6) is 0 Å². The van der Waals surface area contributed by atoms with Crippen LogP contribution in [0.1, 0.15) is 6.92 Å². The maximum absolute atomic E-state index is 11.2. The molecule has 1 heterocycles. The van der Waals surface area contributed by atoms with Gasteiger partial charge >= 0.3 is 5.97 Å². The second-order valence-corrected chi connectivity index (χ2v) is 2.93. The van der Waals surface area contributed by atoms with Gasteiger partial charge in [-0.05, 0) is 6.92 Å². The van der Waals surface area contributed by atoms with Gasteiger partial charge in [-0.3, -0.25) is 4.79 Å². The first kappa shape index (κ1) is 12.7. The van der Waals surface area contributed by atoms with Crippen LogP contribution in [0.4, 0.5) is 5.82 Å². The fourth-order valence-electron chi connectivity index (χ4n) is 0.886. The average molecular weight is 236 g/mol. The van der Waals surface area contributed by atoms with Crippen molar-refractivity contribution in [1.82, 2.24) is 5.16 Å². The summed E-state index contributed by atoms with van der Waals surface area (Å²) in [6.07, 6.45) is 7.51. The minimum absolute atomic E-state index is 0.274. The van der Waals surface area contributed by atoms with E-state index in [4.69, 9.17) is 0 Å². The summed E-state index contributed by atoms with van der Waals surface area (Å²) in [5, 5.41) is 5.86. The molecule has 0 saturated carbocycles. The number of amides is 1. The van der Waals surface area contributed by atoms with Crippen LogP contribution >= 0.6 is 0 Å². The molecule has 0 fully saturated rings. The number of anilines is 1. The highest BCUT2D eigenvalue weighted by Crippen LogP contribution is 2.00. The number of ether oxygens (including phenoxy) is 1. The van der Waals surface area contributed by atoms with Gasteiger partial charge in [0.1, 0.15) is 6.26 Å². The van der Waals surface area contributed by atoms with Crippen LogP contribution in [0.15, 0.2) is 41.2 Å². The number of carbonyl (C=O) groups excluding carboxylic acids is 2. The minimum Gasteiger partial charge on any atom is -0.452 e.